The van der Waals surface area contributed by atoms with Gasteiger partial charge in [0.25, 0.3) is 6.08 Å². The predicted octanol–water partition coefficient (Wildman–Crippen LogP) is 3.88. The van der Waals surface area contributed by atoms with Crippen molar-refractivity contribution in [3.05, 3.63) is 29.2 Å². The number of halogens is 2. The fourth-order valence-electron chi connectivity index (χ4n) is 0.785. The van der Waals surface area contributed by atoms with Crippen LogP contribution < -0.4 is 0 Å². The molecule has 1 heterocycles. The van der Waals surface area contributed by atoms with Crippen LogP contribution in [0.3, 0.4) is 0 Å². The van der Waals surface area contributed by atoms with Gasteiger partial charge in [-0.2, -0.15) is 14.0 Å². The first-order chi connectivity index (χ1) is 6.72. The maximum absolute atomic E-state index is 11.6. The lowest BCUT2D eigenvalue weighted by Crippen LogP contribution is -1.73. The Labute approximate surface area is 89.1 Å². The largest absolute Gasteiger partial charge is 0.266 e. The van der Waals surface area contributed by atoms with Crippen molar-refractivity contribution in [2.45, 2.75) is 10.6 Å². The minimum atomic E-state index is -1.63. The van der Waals surface area contributed by atoms with Gasteiger partial charge >= 0.3 is 0 Å². The van der Waals surface area contributed by atoms with Crippen LogP contribution in [0.5, 0.6) is 0 Å². The molecule has 0 amide bonds. The van der Waals surface area contributed by atoms with Crippen LogP contribution in [0.2, 0.25) is 0 Å². The van der Waals surface area contributed by atoms with Gasteiger partial charge in [0.2, 0.25) is 0 Å². The van der Waals surface area contributed by atoms with E-state index in [-0.39, 0.29) is 0 Å². The van der Waals surface area contributed by atoms with Crippen molar-refractivity contribution in [2.24, 2.45) is 0 Å². The summed E-state index contributed by atoms with van der Waals surface area (Å²) >= 11 is 2.87. The molecular formula is C9H7F2NS2. The molecule has 0 unspecified atom stereocenters. The number of allylic oxidation sites excluding steroid dienone is 1. The summed E-state index contributed by atoms with van der Waals surface area (Å²) in [5.74, 6) is 0.614. The van der Waals surface area contributed by atoms with E-state index in [1.807, 2.05) is 12.1 Å². The molecule has 0 N–H and O–H groups in total. The first kappa shape index (κ1) is 11.2. The van der Waals surface area contributed by atoms with Gasteiger partial charge in [-0.05, 0) is 24.6 Å². The van der Waals surface area contributed by atoms with Gasteiger partial charge in [0.05, 0.1) is 4.21 Å². The summed E-state index contributed by atoms with van der Waals surface area (Å²) in [4.78, 5) is 0.653. The van der Waals surface area contributed by atoms with Gasteiger partial charge in [0.1, 0.15) is 10.9 Å². The van der Waals surface area contributed by atoms with E-state index in [9.17, 15) is 8.78 Å². The third-order valence-electron chi connectivity index (χ3n) is 1.35. The molecule has 1 nitrogen and oxygen atoms in total. The number of nitriles is 1. The Bertz CT molecular complexity index is 361. The molecule has 0 aliphatic rings. The van der Waals surface area contributed by atoms with Gasteiger partial charge in [-0.3, -0.25) is 0 Å². The lowest BCUT2D eigenvalue weighted by molar-refractivity contribution is 0.418. The second-order valence-electron chi connectivity index (χ2n) is 2.36. The van der Waals surface area contributed by atoms with Crippen molar-refractivity contribution in [1.82, 2.24) is 0 Å². The van der Waals surface area contributed by atoms with Gasteiger partial charge in [0.15, 0.2) is 0 Å². The molecule has 1 rings (SSSR count). The molecule has 0 saturated carbocycles. The van der Waals surface area contributed by atoms with Gasteiger partial charge in [-0.15, -0.1) is 23.1 Å². The van der Waals surface area contributed by atoms with Crippen LogP contribution in [-0.2, 0) is 0 Å². The summed E-state index contributed by atoms with van der Waals surface area (Å²) in [6.45, 7) is 0. The fourth-order valence-corrected chi connectivity index (χ4v) is 2.68. The van der Waals surface area contributed by atoms with Crippen molar-refractivity contribution in [3.8, 4) is 6.07 Å². The number of hydrogen-bond acceptors (Lipinski definition) is 3. The Morgan fingerprint density at radius 3 is 2.93 bits per heavy atom. The third kappa shape index (κ3) is 3.90. The van der Waals surface area contributed by atoms with Crippen molar-refractivity contribution in [3.63, 3.8) is 0 Å². The molecule has 0 bridgehead atoms. The van der Waals surface area contributed by atoms with E-state index in [1.165, 1.54) is 23.1 Å². The highest BCUT2D eigenvalue weighted by Crippen LogP contribution is 2.27. The molecule has 0 aromatic carbocycles. The highest BCUT2D eigenvalue weighted by Gasteiger charge is 1.99. The van der Waals surface area contributed by atoms with E-state index >= 15 is 0 Å². The molecule has 1 aromatic rings. The maximum atomic E-state index is 11.6. The summed E-state index contributed by atoms with van der Waals surface area (Å²) in [6.07, 6.45) is -0.368. The van der Waals surface area contributed by atoms with Crippen molar-refractivity contribution < 1.29 is 8.78 Å². The van der Waals surface area contributed by atoms with Gasteiger partial charge in [-0.1, -0.05) is 0 Å². The van der Waals surface area contributed by atoms with Crippen LogP contribution in [-0.4, -0.2) is 5.75 Å². The molecule has 1 aromatic heterocycles. The van der Waals surface area contributed by atoms with Crippen LogP contribution in [0.15, 0.2) is 28.5 Å². The average molecular weight is 231 g/mol. The van der Waals surface area contributed by atoms with E-state index in [0.717, 1.165) is 10.3 Å². The van der Waals surface area contributed by atoms with Crippen LogP contribution in [0, 0.1) is 11.3 Å². The Hall–Kier alpha value is -0.860. The molecule has 0 atom stereocenters. The van der Waals surface area contributed by atoms with E-state index < -0.39 is 6.08 Å². The quantitative estimate of drug-likeness (QED) is 0.580. The number of thiophene rings is 1. The summed E-state index contributed by atoms with van der Waals surface area (Å²) in [5, 5.41) is 8.54. The molecule has 0 radical (unpaired) electrons. The van der Waals surface area contributed by atoms with E-state index in [4.69, 9.17) is 5.26 Å². The SMILES string of the molecule is N#Cc1ccc(SCCC=C(F)F)s1. The van der Waals surface area contributed by atoms with Gasteiger partial charge in [-0.25, -0.2) is 0 Å². The van der Waals surface area contributed by atoms with Crippen LogP contribution in [0.4, 0.5) is 8.78 Å². The number of thioether (sulfide) groups is 1. The van der Waals surface area contributed by atoms with E-state index in [0.29, 0.717) is 17.1 Å². The molecule has 0 aliphatic carbocycles. The summed E-state index contributed by atoms with van der Waals surface area (Å²) in [5.41, 5.74) is 0. The summed E-state index contributed by atoms with van der Waals surface area (Å²) in [6, 6.07) is 5.60. The normalized spacial score (nSPS) is 9.50. The molecule has 0 spiro atoms. The minimum absolute atomic E-state index is 0.354. The molecular weight excluding hydrogens is 224 g/mol. The lowest BCUT2D eigenvalue weighted by atomic mass is 10.5. The van der Waals surface area contributed by atoms with Gasteiger partial charge < -0.3 is 0 Å². The average Bonchev–Trinajstić information content (AvgIpc) is 2.60. The van der Waals surface area contributed by atoms with Crippen LogP contribution in [0.25, 0.3) is 0 Å². The molecule has 14 heavy (non-hydrogen) atoms. The molecule has 0 aliphatic heterocycles. The topological polar surface area (TPSA) is 23.8 Å². The second-order valence-corrected chi connectivity index (χ2v) is 4.84. The molecule has 5 heteroatoms. The Balaban J connectivity index is 2.32. The lowest BCUT2D eigenvalue weighted by Gasteiger charge is -1.92. The predicted molar refractivity (Wildman–Crippen MR) is 54.7 cm³/mol. The molecule has 0 saturated heterocycles. The fraction of sp³-hybridized carbons (Fsp3) is 0.222. The Morgan fingerprint density at radius 1 is 1.57 bits per heavy atom. The zero-order valence-corrected chi connectivity index (χ0v) is 8.80. The number of nitrogens with zero attached hydrogens (tertiary/aromatic N) is 1. The van der Waals surface area contributed by atoms with Crippen LogP contribution in [0.1, 0.15) is 11.3 Å². The summed E-state index contributed by atoms with van der Waals surface area (Å²) < 4.78 is 24.3. The Morgan fingerprint density at radius 2 is 2.36 bits per heavy atom. The van der Waals surface area contributed by atoms with Crippen molar-refractivity contribution in [1.29, 1.82) is 5.26 Å². The maximum Gasteiger partial charge on any atom is 0.266 e. The first-order valence-electron chi connectivity index (χ1n) is 3.86. The minimum Gasteiger partial charge on any atom is -0.192 e. The first-order valence-corrected chi connectivity index (χ1v) is 5.66. The molecule has 74 valence electrons. The third-order valence-corrected chi connectivity index (χ3v) is 3.60. The van der Waals surface area contributed by atoms with Gasteiger partial charge in [0, 0.05) is 5.75 Å². The van der Waals surface area contributed by atoms with Crippen molar-refractivity contribution >= 4 is 23.1 Å². The number of rotatable bonds is 4. The van der Waals surface area contributed by atoms with Crippen LogP contribution >= 0.6 is 23.1 Å². The smallest absolute Gasteiger partial charge is 0.192 e. The molecule has 0 fully saturated rings. The van der Waals surface area contributed by atoms with E-state index in [1.54, 1.807) is 6.07 Å². The zero-order chi connectivity index (χ0) is 10.4. The highest BCUT2D eigenvalue weighted by molar-refractivity contribution is 8.01. The van der Waals surface area contributed by atoms with Crippen molar-refractivity contribution in [2.75, 3.05) is 5.75 Å². The highest BCUT2D eigenvalue weighted by atomic mass is 32.2. The standard InChI is InChI=1S/C9H7F2NS2/c10-8(11)2-1-5-13-9-4-3-7(6-12)14-9/h2-4H,1,5H2. The monoisotopic (exact) mass is 231 g/mol. The Kier molecular flexibility index (Phi) is 4.63. The second kappa shape index (κ2) is 5.78. The summed E-state index contributed by atoms with van der Waals surface area (Å²) in [7, 11) is 0. The number of hydrogen-bond donors (Lipinski definition) is 0. The van der Waals surface area contributed by atoms with E-state index in [2.05, 4.69) is 0 Å². The zero-order valence-electron chi connectivity index (χ0n) is 7.17.